The molecule has 2 heterocycles. The van der Waals surface area contributed by atoms with Crippen LogP contribution in [0.2, 0.25) is 0 Å². The lowest BCUT2D eigenvalue weighted by Crippen LogP contribution is -2.32. The number of nitriles is 1. The minimum Gasteiger partial charge on any atom is -0.369 e. The fourth-order valence-electron chi connectivity index (χ4n) is 2.95. The number of aromatic nitrogens is 2. The quantitative estimate of drug-likeness (QED) is 0.903. The van der Waals surface area contributed by atoms with Gasteiger partial charge in [-0.05, 0) is 51.0 Å². The van der Waals surface area contributed by atoms with Crippen LogP contribution in [0.3, 0.4) is 0 Å². The Bertz CT molecular complexity index is 659. The summed E-state index contributed by atoms with van der Waals surface area (Å²) < 4.78 is 2.06. The molecular weight excluding hydrogens is 250 g/mol. The van der Waals surface area contributed by atoms with Crippen molar-refractivity contribution in [3.63, 3.8) is 0 Å². The molecule has 104 valence electrons. The Labute approximate surface area is 118 Å². The number of benzene rings is 1. The molecule has 0 aliphatic carbocycles. The van der Waals surface area contributed by atoms with Crippen LogP contribution in [0.4, 0.5) is 5.95 Å². The van der Waals surface area contributed by atoms with Crippen LogP contribution in [-0.4, -0.2) is 34.6 Å². The van der Waals surface area contributed by atoms with E-state index in [4.69, 9.17) is 11.0 Å². The van der Waals surface area contributed by atoms with Gasteiger partial charge in [-0.25, -0.2) is 4.98 Å². The molecule has 0 spiro atoms. The van der Waals surface area contributed by atoms with Crippen LogP contribution in [0.1, 0.15) is 18.4 Å². The van der Waals surface area contributed by atoms with E-state index in [0.717, 1.165) is 30.7 Å². The predicted octanol–water partition coefficient (Wildman–Crippen LogP) is 1.83. The fraction of sp³-hybridized carbons (Fsp3) is 0.467. The molecule has 0 atom stereocenters. The highest BCUT2D eigenvalue weighted by atomic mass is 15.2. The van der Waals surface area contributed by atoms with Gasteiger partial charge in [-0.2, -0.15) is 5.26 Å². The SMILES string of the molecule is CN1CCC(Cn2c(N)nc3c(C#N)cccc32)CC1. The minimum absolute atomic E-state index is 0.515. The summed E-state index contributed by atoms with van der Waals surface area (Å²) in [4.78, 5) is 6.73. The molecule has 3 rings (SSSR count). The minimum atomic E-state index is 0.515. The molecule has 2 aromatic rings. The van der Waals surface area contributed by atoms with E-state index in [1.165, 1.54) is 12.8 Å². The third-order valence-corrected chi connectivity index (χ3v) is 4.21. The Morgan fingerprint density at radius 2 is 2.15 bits per heavy atom. The number of hydrogen-bond acceptors (Lipinski definition) is 4. The molecular formula is C15H19N5. The van der Waals surface area contributed by atoms with Crippen molar-refractivity contribution in [2.75, 3.05) is 25.9 Å². The van der Waals surface area contributed by atoms with Gasteiger partial charge in [0.2, 0.25) is 5.95 Å². The van der Waals surface area contributed by atoms with Crippen molar-refractivity contribution >= 4 is 17.0 Å². The molecule has 0 radical (unpaired) electrons. The summed E-state index contributed by atoms with van der Waals surface area (Å²) in [7, 11) is 2.16. The number of piperidine rings is 1. The third-order valence-electron chi connectivity index (χ3n) is 4.21. The van der Waals surface area contributed by atoms with Gasteiger partial charge in [0.05, 0.1) is 11.1 Å². The summed E-state index contributed by atoms with van der Waals surface area (Å²) in [5, 5.41) is 9.14. The van der Waals surface area contributed by atoms with Crippen molar-refractivity contribution in [2.24, 2.45) is 5.92 Å². The summed E-state index contributed by atoms with van der Waals surface area (Å²) in [6.45, 7) is 3.17. The Balaban J connectivity index is 1.92. The number of rotatable bonds is 2. The molecule has 0 unspecified atom stereocenters. The summed E-state index contributed by atoms with van der Waals surface area (Å²) in [6.07, 6.45) is 2.38. The van der Waals surface area contributed by atoms with E-state index in [2.05, 4.69) is 27.6 Å². The normalized spacial score (nSPS) is 17.4. The smallest absolute Gasteiger partial charge is 0.201 e. The lowest BCUT2D eigenvalue weighted by Gasteiger charge is -2.29. The van der Waals surface area contributed by atoms with E-state index in [1.54, 1.807) is 6.07 Å². The van der Waals surface area contributed by atoms with Gasteiger partial charge >= 0.3 is 0 Å². The highest BCUT2D eigenvalue weighted by Crippen LogP contribution is 2.25. The van der Waals surface area contributed by atoms with Crippen molar-refractivity contribution in [2.45, 2.75) is 19.4 Å². The van der Waals surface area contributed by atoms with E-state index in [-0.39, 0.29) is 0 Å². The van der Waals surface area contributed by atoms with Crippen LogP contribution in [-0.2, 0) is 6.54 Å². The predicted molar refractivity (Wildman–Crippen MR) is 79.1 cm³/mol. The number of nitrogen functional groups attached to an aromatic ring is 1. The second-order valence-corrected chi connectivity index (χ2v) is 5.61. The average molecular weight is 269 g/mol. The standard InChI is InChI=1S/C15H19N5/c1-19-7-5-11(6-8-19)10-20-13-4-2-3-12(9-16)14(13)18-15(20)17/h2-4,11H,5-8,10H2,1H3,(H2,17,18). The Hall–Kier alpha value is -2.06. The number of hydrogen-bond donors (Lipinski definition) is 1. The topological polar surface area (TPSA) is 70.9 Å². The third kappa shape index (κ3) is 2.23. The zero-order valence-electron chi connectivity index (χ0n) is 11.7. The maximum Gasteiger partial charge on any atom is 0.201 e. The number of para-hydroxylation sites is 1. The van der Waals surface area contributed by atoms with Gasteiger partial charge < -0.3 is 15.2 Å². The van der Waals surface area contributed by atoms with Crippen LogP contribution in [0.15, 0.2) is 18.2 Å². The number of likely N-dealkylation sites (tertiary alicyclic amines) is 1. The van der Waals surface area contributed by atoms with Gasteiger partial charge in [0, 0.05) is 6.54 Å². The number of fused-ring (bicyclic) bond motifs is 1. The van der Waals surface area contributed by atoms with Gasteiger partial charge in [0.15, 0.2) is 0 Å². The van der Waals surface area contributed by atoms with Crippen LogP contribution >= 0.6 is 0 Å². The highest BCUT2D eigenvalue weighted by Gasteiger charge is 2.20. The molecule has 5 nitrogen and oxygen atoms in total. The molecule has 1 fully saturated rings. The van der Waals surface area contributed by atoms with Crippen LogP contribution in [0.25, 0.3) is 11.0 Å². The zero-order chi connectivity index (χ0) is 14.1. The summed E-state index contributed by atoms with van der Waals surface area (Å²) in [5.41, 5.74) is 8.34. The molecule has 1 aliphatic heterocycles. The zero-order valence-corrected chi connectivity index (χ0v) is 11.7. The summed E-state index contributed by atoms with van der Waals surface area (Å²) >= 11 is 0. The highest BCUT2D eigenvalue weighted by molar-refractivity contribution is 5.83. The Kier molecular flexibility index (Phi) is 3.33. The maximum absolute atomic E-state index is 9.14. The van der Waals surface area contributed by atoms with Gasteiger partial charge in [0.1, 0.15) is 11.6 Å². The molecule has 0 amide bonds. The molecule has 2 N–H and O–H groups in total. The van der Waals surface area contributed by atoms with Crippen LogP contribution in [0.5, 0.6) is 0 Å². The maximum atomic E-state index is 9.14. The molecule has 1 aromatic carbocycles. The molecule has 1 aliphatic rings. The van der Waals surface area contributed by atoms with E-state index < -0.39 is 0 Å². The van der Waals surface area contributed by atoms with Crippen LogP contribution in [0, 0.1) is 17.2 Å². The van der Waals surface area contributed by atoms with Crippen molar-refractivity contribution in [3.8, 4) is 6.07 Å². The van der Waals surface area contributed by atoms with E-state index in [1.807, 2.05) is 12.1 Å². The lowest BCUT2D eigenvalue weighted by molar-refractivity contribution is 0.206. The lowest BCUT2D eigenvalue weighted by atomic mass is 9.97. The van der Waals surface area contributed by atoms with Crippen molar-refractivity contribution < 1.29 is 0 Å². The molecule has 1 saturated heterocycles. The Morgan fingerprint density at radius 1 is 1.40 bits per heavy atom. The number of nitrogens with zero attached hydrogens (tertiary/aromatic N) is 4. The first-order chi connectivity index (χ1) is 9.69. The first kappa shape index (κ1) is 12.9. The van der Waals surface area contributed by atoms with Crippen molar-refractivity contribution in [1.82, 2.24) is 14.5 Å². The second kappa shape index (κ2) is 5.14. The van der Waals surface area contributed by atoms with E-state index in [9.17, 15) is 0 Å². The largest absolute Gasteiger partial charge is 0.369 e. The second-order valence-electron chi connectivity index (χ2n) is 5.61. The van der Waals surface area contributed by atoms with Crippen LogP contribution < -0.4 is 5.73 Å². The van der Waals surface area contributed by atoms with Gasteiger partial charge in [-0.3, -0.25) is 0 Å². The van der Waals surface area contributed by atoms with Crippen molar-refractivity contribution in [1.29, 1.82) is 5.26 Å². The number of anilines is 1. The number of imidazole rings is 1. The van der Waals surface area contributed by atoms with Crippen molar-refractivity contribution in [3.05, 3.63) is 23.8 Å². The summed E-state index contributed by atoms with van der Waals surface area (Å²) in [5.74, 6) is 1.15. The van der Waals surface area contributed by atoms with E-state index >= 15 is 0 Å². The van der Waals surface area contributed by atoms with Gasteiger partial charge in [-0.1, -0.05) is 6.07 Å². The number of nitrogens with two attached hydrogens (primary N) is 1. The molecule has 0 saturated carbocycles. The fourth-order valence-corrected chi connectivity index (χ4v) is 2.95. The molecule has 5 heteroatoms. The molecule has 0 bridgehead atoms. The Morgan fingerprint density at radius 3 is 2.85 bits per heavy atom. The average Bonchev–Trinajstić information content (AvgIpc) is 2.77. The van der Waals surface area contributed by atoms with E-state index in [0.29, 0.717) is 17.4 Å². The van der Waals surface area contributed by atoms with Gasteiger partial charge in [-0.15, -0.1) is 0 Å². The van der Waals surface area contributed by atoms with Gasteiger partial charge in [0.25, 0.3) is 0 Å². The molecule has 20 heavy (non-hydrogen) atoms. The monoisotopic (exact) mass is 269 g/mol. The molecule has 1 aromatic heterocycles. The summed E-state index contributed by atoms with van der Waals surface area (Å²) in [6, 6.07) is 7.86. The first-order valence-electron chi connectivity index (χ1n) is 7.02. The first-order valence-corrected chi connectivity index (χ1v) is 7.02.